The predicted octanol–water partition coefficient (Wildman–Crippen LogP) is 2.24. The van der Waals surface area contributed by atoms with Crippen LogP contribution in [0.4, 0.5) is 0 Å². The van der Waals surface area contributed by atoms with Crippen LogP contribution >= 0.6 is 0 Å². The van der Waals surface area contributed by atoms with Crippen molar-refractivity contribution in [3.63, 3.8) is 0 Å². The van der Waals surface area contributed by atoms with Gasteiger partial charge in [0, 0.05) is 17.1 Å². The van der Waals surface area contributed by atoms with Gasteiger partial charge in [0.05, 0.1) is 5.52 Å². The highest BCUT2D eigenvalue weighted by Crippen LogP contribution is 2.26. The van der Waals surface area contributed by atoms with E-state index in [9.17, 15) is 24.6 Å². The van der Waals surface area contributed by atoms with E-state index in [0.717, 1.165) is 6.07 Å². The fourth-order valence-electron chi connectivity index (χ4n) is 2.76. The van der Waals surface area contributed by atoms with Crippen LogP contribution < -0.4 is 5.56 Å². The van der Waals surface area contributed by atoms with Gasteiger partial charge in [-0.05, 0) is 23.8 Å². The van der Waals surface area contributed by atoms with Gasteiger partial charge < -0.3 is 10.2 Å². The molecule has 3 rings (SSSR count). The van der Waals surface area contributed by atoms with Crippen molar-refractivity contribution < 1.29 is 19.8 Å². The van der Waals surface area contributed by atoms with Crippen molar-refractivity contribution in [2.45, 2.75) is 5.92 Å². The Bertz CT molecular complexity index is 977. The minimum atomic E-state index is -1.80. The third kappa shape index (κ3) is 2.54. The minimum Gasteiger partial charge on any atom is -0.480 e. The van der Waals surface area contributed by atoms with Crippen molar-refractivity contribution in [2.24, 2.45) is 0 Å². The zero-order valence-electron chi connectivity index (χ0n) is 12.4. The van der Waals surface area contributed by atoms with Crippen molar-refractivity contribution in [3.8, 4) is 5.69 Å². The molecule has 0 saturated heterocycles. The van der Waals surface area contributed by atoms with Crippen LogP contribution in [0.5, 0.6) is 0 Å². The summed E-state index contributed by atoms with van der Waals surface area (Å²) in [6.07, 6.45) is 0. The highest BCUT2D eigenvalue weighted by molar-refractivity contribution is 6.03. The molecule has 1 heterocycles. The summed E-state index contributed by atoms with van der Waals surface area (Å²) in [7, 11) is 0. The van der Waals surface area contributed by atoms with Crippen LogP contribution in [0.15, 0.2) is 65.5 Å². The third-order valence-corrected chi connectivity index (χ3v) is 3.77. The first-order valence-electron chi connectivity index (χ1n) is 7.16. The second kappa shape index (κ2) is 6.00. The lowest BCUT2D eigenvalue weighted by Crippen LogP contribution is -2.26. The highest BCUT2D eigenvalue weighted by Gasteiger charge is 2.30. The lowest BCUT2D eigenvalue weighted by Gasteiger charge is -2.15. The lowest BCUT2D eigenvalue weighted by atomic mass is 9.95. The van der Waals surface area contributed by atoms with E-state index in [4.69, 9.17) is 0 Å². The molecule has 2 aromatic carbocycles. The zero-order chi connectivity index (χ0) is 17.3. The van der Waals surface area contributed by atoms with E-state index >= 15 is 0 Å². The molecule has 0 aliphatic heterocycles. The molecule has 0 saturated carbocycles. The molecule has 0 spiro atoms. The van der Waals surface area contributed by atoms with Crippen molar-refractivity contribution in [1.82, 2.24) is 4.57 Å². The Hall–Kier alpha value is -3.41. The number of pyridine rings is 1. The second-order valence-electron chi connectivity index (χ2n) is 5.24. The molecule has 0 aliphatic carbocycles. The lowest BCUT2D eigenvalue weighted by molar-refractivity contribution is -0.149. The molecule has 6 nitrogen and oxygen atoms in total. The summed E-state index contributed by atoms with van der Waals surface area (Å²) < 4.78 is 1.43. The average Bonchev–Trinajstić information content (AvgIpc) is 2.55. The number of aliphatic carboxylic acids is 2. The summed E-state index contributed by atoms with van der Waals surface area (Å²) in [5.74, 6) is -4.82. The van der Waals surface area contributed by atoms with Crippen LogP contribution in [0.3, 0.4) is 0 Å². The van der Waals surface area contributed by atoms with Crippen LogP contribution in [-0.2, 0) is 9.59 Å². The Balaban J connectivity index is 2.40. The minimum absolute atomic E-state index is 0.0252. The van der Waals surface area contributed by atoms with Crippen LogP contribution in [0.25, 0.3) is 16.6 Å². The van der Waals surface area contributed by atoms with E-state index in [-0.39, 0.29) is 5.56 Å². The first-order chi connectivity index (χ1) is 11.5. The molecule has 0 amide bonds. The monoisotopic (exact) mass is 323 g/mol. The molecule has 3 aromatic rings. The van der Waals surface area contributed by atoms with E-state index in [1.54, 1.807) is 48.5 Å². The van der Waals surface area contributed by atoms with Gasteiger partial charge in [-0.15, -0.1) is 0 Å². The van der Waals surface area contributed by atoms with Gasteiger partial charge in [-0.3, -0.25) is 19.0 Å². The Morgan fingerprint density at radius 2 is 1.46 bits per heavy atom. The molecule has 0 aliphatic rings. The van der Waals surface area contributed by atoms with Crippen molar-refractivity contribution >= 4 is 22.8 Å². The smallest absolute Gasteiger partial charge is 0.322 e. The SMILES string of the molecule is O=C(O)C(C(=O)O)c1cc(=O)n(-c2ccccc2)c2ccccc12. The number of carboxylic acids is 2. The van der Waals surface area contributed by atoms with Gasteiger partial charge in [-0.25, -0.2) is 0 Å². The van der Waals surface area contributed by atoms with Crippen molar-refractivity contribution in [2.75, 3.05) is 0 Å². The molecule has 2 N–H and O–H groups in total. The molecule has 1 aromatic heterocycles. The number of hydrogen-bond acceptors (Lipinski definition) is 3. The molecule has 0 unspecified atom stereocenters. The normalized spacial score (nSPS) is 10.9. The fraction of sp³-hybridized carbons (Fsp3) is 0.0556. The number of carboxylic acid groups (broad SMARTS) is 2. The van der Waals surface area contributed by atoms with Crippen molar-refractivity contribution in [3.05, 3.63) is 76.6 Å². The van der Waals surface area contributed by atoms with Crippen LogP contribution in [0.2, 0.25) is 0 Å². The zero-order valence-corrected chi connectivity index (χ0v) is 12.4. The van der Waals surface area contributed by atoms with Gasteiger partial charge in [0.1, 0.15) is 0 Å². The Morgan fingerprint density at radius 3 is 2.08 bits per heavy atom. The van der Waals surface area contributed by atoms with Gasteiger partial charge in [-0.2, -0.15) is 0 Å². The van der Waals surface area contributed by atoms with Gasteiger partial charge in [0.2, 0.25) is 0 Å². The summed E-state index contributed by atoms with van der Waals surface area (Å²) in [6.45, 7) is 0. The Morgan fingerprint density at radius 1 is 0.875 bits per heavy atom. The number of carbonyl (C=O) groups is 2. The van der Waals surface area contributed by atoms with Crippen molar-refractivity contribution in [1.29, 1.82) is 0 Å². The number of aromatic nitrogens is 1. The second-order valence-corrected chi connectivity index (χ2v) is 5.24. The fourth-order valence-corrected chi connectivity index (χ4v) is 2.76. The van der Waals surface area contributed by atoms with Gasteiger partial charge in [-0.1, -0.05) is 36.4 Å². The van der Waals surface area contributed by atoms with E-state index in [1.807, 2.05) is 6.07 Å². The maximum Gasteiger partial charge on any atom is 0.322 e. The Labute approximate surface area is 136 Å². The molecule has 0 fully saturated rings. The highest BCUT2D eigenvalue weighted by atomic mass is 16.4. The maximum absolute atomic E-state index is 12.6. The van der Waals surface area contributed by atoms with Gasteiger partial charge in [0.15, 0.2) is 5.92 Å². The quantitative estimate of drug-likeness (QED) is 0.718. The molecular formula is C18H13NO5. The summed E-state index contributed by atoms with van der Waals surface area (Å²) in [4.78, 5) is 35.3. The summed E-state index contributed by atoms with van der Waals surface area (Å²) in [5.41, 5.74) is 0.566. The first kappa shape index (κ1) is 15.5. The third-order valence-electron chi connectivity index (χ3n) is 3.77. The molecule has 6 heteroatoms. The number of nitrogens with zero attached hydrogens (tertiary/aromatic N) is 1. The number of fused-ring (bicyclic) bond motifs is 1. The van der Waals surface area contributed by atoms with Crippen LogP contribution in [0, 0.1) is 0 Å². The predicted molar refractivity (Wildman–Crippen MR) is 87.6 cm³/mol. The average molecular weight is 323 g/mol. The standard InChI is InChI=1S/C18H13NO5/c20-15-10-13(16(17(21)22)18(23)24)12-8-4-5-9-14(12)19(15)11-6-2-1-3-7-11/h1-10,16H,(H,21,22)(H,23,24). The molecule has 24 heavy (non-hydrogen) atoms. The van der Waals surface area contributed by atoms with E-state index in [1.165, 1.54) is 4.57 Å². The Kier molecular flexibility index (Phi) is 3.87. The van der Waals surface area contributed by atoms with Gasteiger partial charge in [0.25, 0.3) is 5.56 Å². The molecule has 0 atom stereocenters. The molecular weight excluding hydrogens is 310 g/mol. The summed E-state index contributed by atoms with van der Waals surface area (Å²) >= 11 is 0. The maximum atomic E-state index is 12.6. The summed E-state index contributed by atoms with van der Waals surface area (Å²) in [6, 6.07) is 16.6. The number of hydrogen-bond donors (Lipinski definition) is 2. The van der Waals surface area contributed by atoms with Crippen LogP contribution in [-0.4, -0.2) is 26.7 Å². The van der Waals surface area contributed by atoms with Crippen LogP contribution in [0.1, 0.15) is 11.5 Å². The molecule has 120 valence electrons. The largest absolute Gasteiger partial charge is 0.480 e. The molecule has 0 radical (unpaired) electrons. The first-order valence-corrected chi connectivity index (χ1v) is 7.16. The van der Waals surface area contributed by atoms with E-state index in [0.29, 0.717) is 16.6 Å². The van der Waals surface area contributed by atoms with E-state index in [2.05, 4.69) is 0 Å². The number of benzene rings is 2. The topological polar surface area (TPSA) is 96.6 Å². The number of rotatable bonds is 4. The summed E-state index contributed by atoms with van der Waals surface area (Å²) in [5, 5.41) is 18.9. The molecule has 0 bridgehead atoms. The van der Waals surface area contributed by atoms with E-state index < -0.39 is 23.4 Å². The number of para-hydroxylation sites is 2. The van der Waals surface area contributed by atoms with Gasteiger partial charge >= 0.3 is 11.9 Å².